The lowest BCUT2D eigenvalue weighted by molar-refractivity contribution is -0.142. The van der Waals surface area contributed by atoms with E-state index in [4.69, 9.17) is 10.8 Å². The van der Waals surface area contributed by atoms with Crippen LogP contribution in [0.5, 0.6) is 0 Å². The van der Waals surface area contributed by atoms with Gasteiger partial charge >= 0.3 is 5.97 Å². The molecule has 0 spiro atoms. The third kappa shape index (κ3) is 3.25. The molecule has 8 heteroatoms. The first-order valence-electron chi connectivity index (χ1n) is 6.65. The molecule has 0 aromatic rings. The number of carboxylic acids is 1. The summed E-state index contributed by atoms with van der Waals surface area (Å²) >= 11 is 0. The van der Waals surface area contributed by atoms with Gasteiger partial charge in [0.1, 0.15) is 0 Å². The summed E-state index contributed by atoms with van der Waals surface area (Å²) in [5, 5.41) is 8.92. The van der Waals surface area contributed by atoms with Crippen LogP contribution in [0.1, 0.15) is 25.7 Å². The van der Waals surface area contributed by atoms with Gasteiger partial charge in [-0.25, -0.2) is 0 Å². The maximum atomic E-state index is 12.4. The topological polar surface area (TPSA) is 104 Å². The molecule has 0 radical (unpaired) electrons. The lowest BCUT2D eigenvalue weighted by atomic mass is 9.99. The summed E-state index contributed by atoms with van der Waals surface area (Å²) in [4.78, 5) is 10.9. The molecule has 2 aliphatic heterocycles. The number of nitrogens with two attached hydrogens (primary N) is 1. The Balaban J connectivity index is 1.99. The number of aliphatic carboxylic acids is 1. The van der Waals surface area contributed by atoms with Gasteiger partial charge in [0.2, 0.25) is 0 Å². The molecule has 2 heterocycles. The number of nitrogens with zero attached hydrogens (tertiary/aromatic N) is 2. The quantitative estimate of drug-likeness (QED) is 0.726. The zero-order valence-corrected chi connectivity index (χ0v) is 11.7. The molecule has 7 nitrogen and oxygen atoms in total. The van der Waals surface area contributed by atoms with E-state index in [1.807, 2.05) is 0 Å². The van der Waals surface area contributed by atoms with Crippen LogP contribution in [0.3, 0.4) is 0 Å². The minimum absolute atomic E-state index is 0.0971. The van der Waals surface area contributed by atoms with Crippen LogP contribution in [-0.4, -0.2) is 60.3 Å². The van der Waals surface area contributed by atoms with Crippen LogP contribution in [-0.2, 0) is 15.0 Å². The number of hydrogen-bond donors (Lipinski definition) is 2. The van der Waals surface area contributed by atoms with Gasteiger partial charge < -0.3 is 10.8 Å². The van der Waals surface area contributed by atoms with Crippen LogP contribution >= 0.6 is 0 Å². The van der Waals surface area contributed by atoms with Gasteiger partial charge in [0.15, 0.2) is 0 Å². The van der Waals surface area contributed by atoms with Crippen molar-refractivity contribution in [1.82, 2.24) is 8.61 Å². The summed E-state index contributed by atoms with van der Waals surface area (Å²) in [6.45, 7) is 1.44. The molecule has 0 saturated carbocycles. The zero-order valence-electron chi connectivity index (χ0n) is 10.9. The molecule has 2 saturated heterocycles. The van der Waals surface area contributed by atoms with Crippen LogP contribution < -0.4 is 5.73 Å². The van der Waals surface area contributed by atoms with Gasteiger partial charge in [-0.1, -0.05) is 0 Å². The van der Waals surface area contributed by atoms with Crippen molar-refractivity contribution in [1.29, 1.82) is 0 Å². The fourth-order valence-corrected chi connectivity index (χ4v) is 4.42. The molecule has 1 unspecified atom stereocenters. The summed E-state index contributed by atoms with van der Waals surface area (Å²) in [7, 11) is -3.47. The summed E-state index contributed by atoms with van der Waals surface area (Å²) in [6.07, 6.45) is 2.40. The van der Waals surface area contributed by atoms with Crippen molar-refractivity contribution in [3.63, 3.8) is 0 Å². The molecule has 2 aliphatic rings. The Hall–Kier alpha value is -0.700. The van der Waals surface area contributed by atoms with E-state index in [0.29, 0.717) is 25.9 Å². The molecule has 0 aliphatic carbocycles. The maximum absolute atomic E-state index is 12.4. The van der Waals surface area contributed by atoms with E-state index in [2.05, 4.69) is 0 Å². The second-order valence-electron chi connectivity index (χ2n) is 5.28. The lowest BCUT2D eigenvalue weighted by Gasteiger charge is -2.36. The van der Waals surface area contributed by atoms with Gasteiger partial charge in [-0.3, -0.25) is 4.79 Å². The fourth-order valence-electron chi connectivity index (χ4n) is 2.68. The van der Waals surface area contributed by atoms with E-state index >= 15 is 0 Å². The molecule has 2 fully saturated rings. The molecule has 0 aromatic carbocycles. The van der Waals surface area contributed by atoms with Crippen molar-refractivity contribution in [3.8, 4) is 0 Å². The molecular formula is C11H21N3O4S. The first kappa shape index (κ1) is 14.7. The summed E-state index contributed by atoms with van der Waals surface area (Å²) in [6, 6.07) is -0.0971. The summed E-state index contributed by atoms with van der Waals surface area (Å²) in [5.41, 5.74) is 5.81. The number of carboxylic acid groups (broad SMARTS) is 1. The highest BCUT2D eigenvalue weighted by atomic mass is 32.2. The molecule has 3 N–H and O–H groups in total. The van der Waals surface area contributed by atoms with Crippen LogP contribution in [0.15, 0.2) is 0 Å². The van der Waals surface area contributed by atoms with E-state index in [9.17, 15) is 13.2 Å². The van der Waals surface area contributed by atoms with Crippen LogP contribution in [0, 0.1) is 5.92 Å². The van der Waals surface area contributed by atoms with Gasteiger partial charge in [0, 0.05) is 32.2 Å². The zero-order chi connectivity index (χ0) is 14.0. The molecule has 1 atom stereocenters. The Morgan fingerprint density at radius 3 is 2.26 bits per heavy atom. The molecule has 0 aromatic heterocycles. The highest BCUT2D eigenvalue weighted by Crippen LogP contribution is 2.23. The standard InChI is InChI=1S/C11H21N3O4S/c12-10-2-1-5-14(8-10)19(17,18)13-6-3-9(4-7-13)11(15)16/h9-10H,1-8,12H2,(H,15,16). The third-order valence-electron chi connectivity index (χ3n) is 3.88. The minimum atomic E-state index is -3.47. The second-order valence-corrected chi connectivity index (χ2v) is 7.21. The predicted octanol–water partition coefficient (Wildman–Crippen LogP) is -0.549. The van der Waals surface area contributed by atoms with E-state index < -0.39 is 22.1 Å². The second kappa shape index (κ2) is 5.74. The monoisotopic (exact) mass is 291 g/mol. The average molecular weight is 291 g/mol. The number of piperidine rings is 2. The summed E-state index contributed by atoms with van der Waals surface area (Å²) in [5.74, 6) is -1.26. The normalized spacial score (nSPS) is 28.4. The van der Waals surface area contributed by atoms with Gasteiger partial charge in [-0.2, -0.15) is 17.0 Å². The minimum Gasteiger partial charge on any atom is -0.481 e. The van der Waals surface area contributed by atoms with Gasteiger partial charge in [0.05, 0.1) is 5.92 Å². The van der Waals surface area contributed by atoms with Crippen LogP contribution in [0.4, 0.5) is 0 Å². The van der Waals surface area contributed by atoms with Crippen LogP contribution in [0.2, 0.25) is 0 Å². The van der Waals surface area contributed by atoms with E-state index in [0.717, 1.165) is 12.8 Å². The molecule has 110 valence electrons. The first-order chi connectivity index (χ1) is 8.91. The van der Waals surface area contributed by atoms with Gasteiger partial charge in [-0.15, -0.1) is 0 Å². The van der Waals surface area contributed by atoms with Crippen molar-refractivity contribution >= 4 is 16.2 Å². The Kier molecular flexibility index (Phi) is 4.44. The van der Waals surface area contributed by atoms with Crippen molar-refractivity contribution < 1.29 is 18.3 Å². The Bertz CT molecular complexity index is 431. The average Bonchev–Trinajstić information content (AvgIpc) is 2.39. The molecular weight excluding hydrogens is 270 g/mol. The Labute approximate surface area is 113 Å². The molecule has 2 rings (SSSR count). The number of carbonyl (C=O) groups is 1. The van der Waals surface area contributed by atoms with E-state index in [1.165, 1.54) is 8.61 Å². The van der Waals surface area contributed by atoms with Crippen molar-refractivity contribution in [3.05, 3.63) is 0 Å². The van der Waals surface area contributed by atoms with Crippen molar-refractivity contribution in [2.45, 2.75) is 31.7 Å². The molecule has 0 amide bonds. The fraction of sp³-hybridized carbons (Fsp3) is 0.909. The SMILES string of the molecule is NC1CCCN(S(=O)(=O)N2CCC(C(=O)O)CC2)C1. The van der Waals surface area contributed by atoms with Crippen molar-refractivity contribution in [2.75, 3.05) is 26.2 Å². The number of hydrogen-bond acceptors (Lipinski definition) is 4. The highest BCUT2D eigenvalue weighted by molar-refractivity contribution is 7.86. The van der Waals surface area contributed by atoms with Gasteiger partial charge in [0.25, 0.3) is 10.2 Å². The third-order valence-corrected chi connectivity index (χ3v) is 5.88. The maximum Gasteiger partial charge on any atom is 0.306 e. The largest absolute Gasteiger partial charge is 0.481 e. The van der Waals surface area contributed by atoms with Crippen LogP contribution in [0.25, 0.3) is 0 Å². The predicted molar refractivity (Wildman–Crippen MR) is 69.6 cm³/mol. The smallest absolute Gasteiger partial charge is 0.306 e. The Morgan fingerprint density at radius 2 is 1.74 bits per heavy atom. The number of rotatable bonds is 3. The Morgan fingerprint density at radius 1 is 1.11 bits per heavy atom. The van der Waals surface area contributed by atoms with Crippen molar-refractivity contribution in [2.24, 2.45) is 11.7 Å². The lowest BCUT2D eigenvalue weighted by Crippen LogP contribution is -2.53. The molecule has 0 bridgehead atoms. The highest BCUT2D eigenvalue weighted by Gasteiger charge is 2.36. The van der Waals surface area contributed by atoms with E-state index in [-0.39, 0.29) is 19.1 Å². The summed E-state index contributed by atoms with van der Waals surface area (Å²) < 4.78 is 27.6. The van der Waals surface area contributed by atoms with Gasteiger partial charge in [-0.05, 0) is 25.7 Å². The first-order valence-corrected chi connectivity index (χ1v) is 8.04. The van der Waals surface area contributed by atoms with E-state index in [1.54, 1.807) is 0 Å². The molecule has 19 heavy (non-hydrogen) atoms.